The van der Waals surface area contributed by atoms with E-state index >= 15 is 0 Å². The number of benzene rings is 1. The summed E-state index contributed by atoms with van der Waals surface area (Å²) in [6.45, 7) is 5.40. The van der Waals surface area contributed by atoms with Gasteiger partial charge in [0.1, 0.15) is 11.3 Å². The molecule has 1 saturated carbocycles. The Balaban J connectivity index is 1.85. The fraction of sp³-hybridized carbons (Fsp3) is 0.440. The number of hydrogen-bond donors (Lipinski definition) is 0. The van der Waals surface area contributed by atoms with Gasteiger partial charge in [-0.05, 0) is 39.2 Å². The van der Waals surface area contributed by atoms with Gasteiger partial charge in [0.2, 0.25) is 0 Å². The first-order chi connectivity index (χ1) is 14.4. The van der Waals surface area contributed by atoms with Gasteiger partial charge in [0, 0.05) is 41.0 Å². The van der Waals surface area contributed by atoms with Crippen LogP contribution in [-0.2, 0) is 4.79 Å². The smallest absolute Gasteiger partial charge is 0.192 e. The number of nitriles is 1. The SMILES string of the molecule is CC1=NC(C)=C(C(=O)CCC2CCC2)C(c2cccc3c(=O)cc(C)oc23)C1C#N. The van der Waals surface area contributed by atoms with Gasteiger partial charge in [-0.1, -0.05) is 31.4 Å². The number of carbonyl (C=O) groups excluding carboxylic acids is 1. The molecule has 2 aromatic rings. The standard InChI is InChI=1S/C25H26N2O3/c1-14-12-22(29)18-8-5-9-19(25(18)30-14)24-20(13-26)15(2)27-16(3)23(24)21(28)11-10-17-6-4-7-17/h5,8-9,12,17,20,24H,4,6-7,10-11H2,1-3H3. The second-order valence-corrected chi connectivity index (χ2v) is 8.54. The van der Waals surface area contributed by atoms with Crippen LogP contribution in [0.3, 0.4) is 0 Å². The second-order valence-electron chi connectivity index (χ2n) is 8.54. The van der Waals surface area contributed by atoms with Crippen LogP contribution in [0.5, 0.6) is 0 Å². The van der Waals surface area contributed by atoms with Crippen molar-refractivity contribution in [3.05, 3.63) is 57.1 Å². The van der Waals surface area contributed by atoms with E-state index in [1.54, 1.807) is 19.1 Å². The number of rotatable bonds is 5. The van der Waals surface area contributed by atoms with Crippen LogP contribution >= 0.6 is 0 Å². The summed E-state index contributed by atoms with van der Waals surface area (Å²) < 4.78 is 5.96. The van der Waals surface area contributed by atoms with E-state index in [0.717, 1.165) is 6.42 Å². The third-order valence-electron chi connectivity index (χ3n) is 6.52. The predicted octanol–water partition coefficient (Wildman–Crippen LogP) is 5.22. The number of Topliss-reactive ketones (excluding diaryl/α,β-unsaturated/α-hetero) is 1. The minimum atomic E-state index is -0.576. The van der Waals surface area contributed by atoms with Gasteiger partial charge < -0.3 is 4.42 Å². The molecule has 154 valence electrons. The molecule has 0 bridgehead atoms. The summed E-state index contributed by atoms with van der Waals surface area (Å²) in [5.41, 5.74) is 2.98. The first kappa shape index (κ1) is 20.3. The van der Waals surface area contributed by atoms with Crippen LogP contribution in [0.1, 0.15) is 63.2 Å². The average Bonchev–Trinajstić information content (AvgIpc) is 2.65. The predicted molar refractivity (Wildman–Crippen MR) is 116 cm³/mol. The third kappa shape index (κ3) is 3.52. The lowest BCUT2D eigenvalue weighted by Crippen LogP contribution is -2.29. The molecular weight excluding hydrogens is 376 g/mol. The third-order valence-corrected chi connectivity index (χ3v) is 6.52. The number of carbonyl (C=O) groups is 1. The van der Waals surface area contributed by atoms with Crippen molar-refractivity contribution in [2.45, 2.75) is 58.8 Å². The van der Waals surface area contributed by atoms with Gasteiger partial charge >= 0.3 is 0 Å². The molecule has 0 spiro atoms. The van der Waals surface area contributed by atoms with Gasteiger partial charge in [-0.15, -0.1) is 0 Å². The molecule has 2 atom stereocenters. The van der Waals surface area contributed by atoms with Crippen molar-refractivity contribution in [2.24, 2.45) is 16.8 Å². The van der Waals surface area contributed by atoms with Gasteiger partial charge in [-0.25, -0.2) is 0 Å². The van der Waals surface area contributed by atoms with Crippen molar-refractivity contribution >= 4 is 22.5 Å². The maximum atomic E-state index is 13.3. The maximum absolute atomic E-state index is 13.3. The molecule has 0 saturated heterocycles. The largest absolute Gasteiger partial charge is 0.461 e. The summed E-state index contributed by atoms with van der Waals surface area (Å²) >= 11 is 0. The molecule has 1 aliphatic heterocycles. The van der Waals surface area contributed by atoms with Crippen LogP contribution in [0.2, 0.25) is 0 Å². The van der Waals surface area contributed by atoms with Crippen LogP contribution < -0.4 is 5.43 Å². The van der Waals surface area contributed by atoms with Crippen LogP contribution in [0.15, 0.2) is 49.7 Å². The number of aryl methyl sites for hydroxylation is 1. The molecule has 1 aromatic heterocycles. The Bertz CT molecular complexity index is 1180. The number of aliphatic imine (C=N–C) groups is 1. The molecule has 5 heteroatoms. The van der Waals surface area contributed by atoms with Crippen LogP contribution in [-0.4, -0.2) is 11.5 Å². The molecule has 2 aliphatic rings. The Morgan fingerprint density at radius 3 is 2.70 bits per heavy atom. The number of allylic oxidation sites excluding steroid dienone is 2. The molecule has 30 heavy (non-hydrogen) atoms. The first-order valence-electron chi connectivity index (χ1n) is 10.6. The highest BCUT2D eigenvalue weighted by atomic mass is 16.3. The summed E-state index contributed by atoms with van der Waals surface area (Å²) in [6, 6.07) is 9.21. The minimum absolute atomic E-state index is 0.0490. The summed E-state index contributed by atoms with van der Waals surface area (Å²) in [4.78, 5) is 30.4. The number of nitrogens with zero attached hydrogens (tertiary/aromatic N) is 2. The Morgan fingerprint density at radius 2 is 2.03 bits per heavy atom. The van der Waals surface area contributed by atoms with Gasteiger partial charge in [0.25, 0.3) is 0 Å². The van der Waals surface area contributed by atoms with E-state index in [4.69, 9.17) is 4.42 Å². The maximum Gasteiger partial charge on any atom is 0.192 e. The van der Waals surface area contributed by atoms with E-state index in [-0.39, 0.29) is 11.2 Å². The van der Waals surface area contributed by atoms with Crippen LogP contribution in [0, 0.1) is 30.1 Å². The Morgan fingerprint density at radius 1 is 1.27 bits per heavy atom. The number of fused-ring (bicyclic) bond motifs is 1. The average molecular weight is 402 g/mol. The van der Waals surface area contributed by atoms with E-state index in [2.05, 4.69) is 11.1 Å². The van der Waals surface area contributed by atoms with Gasteiger partial charge in [0.15, 0.2) is 11.2 Å². The van der Waals surface area contributed by atoms with Crippen molar-refractivity contribution in [2.75, 3.05) is 0 Å². The van der Waals surface area contributed by atoms with Crippen molar-refractivity contribution in [1.82, 2.24) is 0 Å². The molecule has 0 N–H and O–H groups in total. The summed E-state index contributed by atoms with van der Waals surface area (Å²) in [7, 11) is 0. The van der Waals surface area contributed by atoms with E-state index in [0.29, 0.717) is 51.6 Å². The Kier molecular flexibility index (Phi) is 5.42. The highest BCUT2D eigenvalue weighted by Crippen LogP contribution is 2.42. The van der Waals surface area contributed by atoms with Gasteiger partial charge in [0.05, 0.1) is 17.4 Å². The van der Waals surface area contributed by atoms with Crippen molar-refractivity contribution in [1.29, 1.82) is 5.26 Å². The Hall–Kier alpha value is -3.00. The minimum Gasteiger partial charge on any atom is -0.461 e. The lowest BCUT2D eigenvalue weighted by atomic mass is 9.73. The molecule has 2 unspecified atom stereocenters. The highest BCUT2D eigenvalue weighted by Gasteiger charge is 2.38. The van der Waals surface area contributed by atoms with Gasteiger partial charge in [-0.3, -0.25) is 14.6 Å². The van der Waals surface area contributed by atoms with E-state index < -0.39 is 11.8 Å². The van der Waals surface area contributed by atoms with Crippen LogP contribution in [0.25, 0.3) is 11.0 Å². The zero-order valence-corrected chi connectivity index (χ0v) is 17.7. The second kappa shape index (κ2) is 8.02. The molecule has 0 radical (unpaired) electrons. The van der Waals surface area contributed by atoms with E-state index in [9.17, 15) is 14.9 Å². The topological polar surface area (TPSA) is 83.4 Å². The number of hydrogen-bond acceptors (Lipinski definition) is 5. The van der Waals surface area contributed by atoms with Crippen molar-refractivity contribution in [3.63, 3.8) is 0 Å². The first-order valence-corrected chi connectivity index (χ1v) is 10.6. The van der Waals surface area contributed by atoms with E-state index in [1.165, 1.54) is 25.3 Å². The fourth-order valence-electron chi connectivity index (χ4n) is 4.72. The summed E-state index contributed by atoms with van der Waals surface area (Å²) in [6.07, 6.45) is 4.99. The molecule has 4 rings (SSSR count). The molecular formula is C25H26N2O3. The zero-order valence-electron chi connectivity index (χ0n) is 17.7. The van der Waals surface area contributed by atoms with Gasteiger partial charge in [-0.2, -0.15) is 5.26 Å². The molecule has 1 fully saturated rings. The molecule has 0 amide bonds. The van der Waals surface area contributed by atoms with E-state index in [1.807, 2.05) is 19.9 Å². The fourth-order valence-corrected chi connectivity index (χ4v) is 4.72. The molecule has 1 aromatic carbocycles. The molecule has 2 heterocycles. The number of ketones is 1. The van der Waals surface area contributed by atoms with Crippen molar-refractivity contribution in [3.8, 4) is 6.07 Å². The lowest BCUT2D eigenvalue weighted by molar-refractivity contribution is -0.116. The number of para-hydroxylation sites is 1. The zero-order chi connectivity index (χ0) is 21.4. The van der Waals surface area contributed by atoms with Crippen molar-refractivity contribution < 1.29 is 9.21 Å². The summed E-state index contributed by atoms with van der Waals surface area (Å²) in [5.74, 6) is 0.121. The monoisotopic (exact) mass is 402 g/mol. The molecule has 5 nitrogen and oxygen atoms in total. The highest BCUT2D eigenvalue weighted by molar-refractivity contribution is 6.03. The Labute approximate surface area is 176 Å². The lowest BCUT2D eigenvalue weighted by Gasteiger charge is -2.31. The normalized spacial score (nSPS) is 21.9. The molecule has 1 aliphatic carbocycles. The summed E-state index contributed by atoms with van der Waals surface area (Å²) in [5, 5.41) is 10.4. The quantitative estimate of drug-likeness (QED) is 0.686. The van der Waals surface area contributed by atoms with Crippen LogP contribution in [0.4, 0.5) is 0 Å².